The number of carbonyl (C=O) groups excluding carboxylic acids is 2. The fraction of sp³-hybridized carbons (Fsp3) is 0.360. The van der Waals surface area contributed by atoms with Crippen LogP contribution in [0.1, 0.15) is 33.1 Å². The lowest BCUT2D eigenvalue weighted by atomic mass is 9.96. The van der Waals surface area contributed by atoms with Crippen LogP contribution in [-0.4, -0.2) is 34.8 Å². The first kappa shape index (κ1) is 20.2. The Kier molecular flexibility index (Phi) is 5.88. The molecule has 1 unspecified atom stereocenters. The molecule has 0 radical (unpaired) electrons. The van der Waals surface area contributed by atoms with E-state index in [4.69, 9.17) is 0 Å². The van der Waals surface area contributed by atoms with Gasteiger partial charge in [0.1, 0.15) is 0 Å². The summed E-state index contributed by atoms with van der Waals surface area (Å²) in [6, 6.07) is 18.2. The minimum absolute atomic E-state index is 0.00848. The van der Waals surface area contributed by atoms with E-state index >= 15 is 0 Å². The number of nitrogens with one attached hydrogen (secondary N) is 2. The number of carbonyl (C=O) groups is 2. The van der Waals surface area contributed by atoms with Gasteiger partial charge in [-0.15, -0.1) is 0 Å². The monoisotopic (exact) mass is 403 g/mol. The van der Waals surface area contributed by atoms with Crippen molar-refractivity contribution in [2.75, 3.05) is 18.4 Å². The molecule has 0 spiro atoms. The number of H-pyrrole nitrogens is 1. The number of piperidine rings is 1. The van der Waals surface area contributed by atoms with E-state index in [1.807, 2.05) is 55.1 Å². The third-order valence-corrected chi connectivity index (χ3v) is 5.70. The molecular weight excluding hydrogens is 374 g/mol. The average molecular weight is 404 g/mol. The molecule has 2 heterocycles. The minimum Gasteiger partial charge on any atom is -0.355 e. The van der Waals surface area contributed by atoms with Gasteiger partial charge in [-0.3, -0.25) is 9.59 Å². The number of amides is 2. The van der Waals surface area contributed by atoms with Gasteiger partial charge in [-0.2, -0.15) is 0 Å². The van der Waals surface area contributed by atoms with Crippen LogP contribution in [0.2, 0.25) is 0 Å². The summed E-state index contributed by atoms with van der Waals surface area (Å²) in [7, 11) is 0. The van der Waals surface area contributed by atoms with Crippen LogP contribution >= 0.6 is 0 Å². The first-order valence-electron chi connectivity index (χ1n) is 10.8. The number of rotatable bonds is 5. The van der Waals surface area contributed by atoms with Gasteiger partial charge in [-0.25, -0.2) is 0 Å². The maximum atomic E-state index is 12.9. The lowest BCUT2D eigenvalue weighted by Crippen LogP contribution is -2.44. The number of anilines is 1. The summed E-state index contributed by atoms with van der Waals surface area (Å²) in [5.74, 6) is 0.319. The Labute approximate surface area is 177 Å². The predicted octanol–water partition coefficient (Wildman–Crippen LogP) is 5.06. The van der Waals surface area contributed by atoms with Gasteiger partial charge in [0.05, 0.1) is 5.92 Å². The highest BCUT2D eigenvalue weighted by Crippen LogP contribution is 2.27. The molecule has 5 heteroatoms. The number of nitrogens with zero attached hydrogens (tertiary/aromatic N) is 1. The molecule has 2 aromatic carbocycles. The summed E-state index contributed by atoms with van der Waals surface area (Å²) in [4.78, 5) is 30.6. The van der Waals surface area contributed by atoms with Crippen LogP contribution in [0.3, 0.4) is 0 Å². The van der Waals surface area contributed by atoms with Crippen LogP contribution in [0.15, 0.2) is 54.6 Å². The molecule has 5 nitrogen and oxygen atoms in total. The molecule has 156 valence electrons. The molecule has 1 aliphatic heterocycles. The number of aromatic nitrogens is 1. The number of para-hydroxylation sites is 1. The first-order valence-corrected chi connectivity index (χ1v) is 10.8. The zero-order chi connectivity index (χ0) is 21.1. The molecule has 1 fully saturated rings. The molecule has 2 amide bonds. The van der Waals surface area contributed by atoms with Crippen LogP contribution in [0.25, 0.3) is 22.2 Å². The first-order chi connectivity index (χ1) is 14.5. The maximum absolute atomic E-state index is 12.9. The highest BCUT2D eigenvalue weighted by molar-refractivity contribution is 5.94. The summed E-state index contributed by atoms with van der Waals surface area (Å²) in [5, 5.41) is 4.23. The van der Waals surface area contributed by atoms with Crippen molar-refractivity contribution in [3.05, 3.63) is 54.6 Å². The van der Waals surface area contributed by atoms with Crippen molar-refractivity contribution in [1.29, 1.82) is 0 Å². The normalized spacial score (nSPS) is 16.8. The molecular formula is C25H29N3O2. The Morgan fingerprint density at radius 1 is 1.13 bits per heavy atom. The molecule has 1 saturated heterocycles. The van der Waals surface area contributed by atoms with Gasteiger partial charge < -0.3 is 15.2 Å². The molecule has 4 rings (SSSR count). The molecule has 30 heavy (non-hydrogen) atoms. The van der Waals surface area contributed by atoms with Crippen LogP contribution < -0.4 is 5.32 Å². The van der Waals surface area contributed by atoms with Gasteiger partial charge >= 0.3 is 0 Å². The van der Waals surface area contributed by atoms with Gasteiger partial charge in [0, 0.05) is 47.4 Å². The fourth-order valence-electron chi connectivity index (χ4n) is 4.13. The van der Waals surface area contributed by atoms with Gasteiger partial charge in [0.15, 0.2) is 0 Å². The molecule has 1 aromatic heterocycles. The Bertz CT molecular complexity index is 1020. The van der Waals surface area contributed by atoms with Crippen molar-refractivity contribution in [2.45, 2.75) is 33.1 Å². The SMILES string of the molecule is CC(C)CC(=O)N1CCCC(C(=O)Nc2cccc(-c3cc4ccccc4[nH]3)c2)C1. The second-order valence-electron chi connectivity index (χ2n) is 8.62. The number of likely N-dealkylation sites (tertiary alicyclic amines) is 1. The predicted molar refractivity (Wildman–Crippen MR) is 121 cm³/mol. The fourth-order valence-corrected chi connectivity index (χ4v) is 4.13. The van der Waals surface area contributed by atoms with Crippen molar-refractivity contribution < 1.29 is 9.59 Å². The standard InChI is InChI=1S/C25H29N3O2/c1-17(2)13-24(29)28-12-6-9-20(16-28)25(30)26-21-10-5-8-18(14-21)23-15-19-7-3-4-11-22(19)27-23/h3-5,7-8,10-11,14-15,17,20,27H,6,9,12-13,16H2,1-2H3,(H,26,30). The summed E-state index contributed by atoms with van der Waals surface area (Å²) in [5.41, 5.74) is 3.92. The minimum atomic E-state index is -0.161. The van der Waals surface area contributed by atoms with Gasteiger partial charge in [-0.1, -0.05) is 44.2 Å². The van der Waals surface area contributed by atoms with E-state index in [1.54, 1.807) is 0 Å². The van der Waals surface area contributed by atoms with Gasteiger partial charge in [-0.05, 0) is 43.0 Å². The Hall–Kier alpha value is -3.08. The van der Waals surface area contributed by atoms with E-state index in [0.717, 1.165) is 47.2 Å². The summed E-state index contributed by atoms with van der Waals surface area (Å²) >= 11 is 0. The largest absolute Gasteiger partial charge is 0.355 e. The zero-order valence-corrected chi connectivity index (χ0v) is 17.7. The second-order valence-corrected chi connectivity index (χ2v) is 8.62. The van der Waals surface area contributed by atoms with E-state index in [9.17, 15) is 9.59 Å². The third-order valence-electron chi connectivity index (χ3n) is 5.70. The smallest absolute Gasteiger partial charge is 0.229 e. The van der Waals surface area contributed by atoms with Gasteiger partial charge in [0.25, 0.3) is 0 Å². The van der Waals surface area contributed by atoms with Crippen molar-refractivity contribution in [2.24, 2.45) is 11.8 Å². The van der Waals surface area contributed by atoms with Crippen molar-refractivity contribution >= 4 is 28.4 Å². The Morgan fingerprint density at radius 3 is 2.77 bits per heavy atom. The van der Waals surface area contributed by atoms with E-state index in [2.05, 4.69) is 28.5 Å². The highest BCUT2D eigenvalue weighted by atomic mass is 16.2. The number of hydrogen-bond acceptors (Lipinski definition) is 2. The van der Waals surface area contributed by atoms with E-state index in [1.165, 1.54) is 0 Å². The number of benzene rings is 2. The summed E-state index contributed by atoms with van der Waals surface area (Å²) < 4.78 is 0. The molecule has 3 aromatic rings. The molecule has 0 saturated carbocycles. The van der Waals surface area contributed by atoms with Crippen LogP contribution in [-0.2, 0) is 9.59 Å². The van der Waals surface area contributed by atoms with Crippen LogP contribution in [0.4, 0.5) is 5.69 Å². The summed E-state index contributed by atoms with van der Waals surface area (Å²) in [6.07, 6.45) is 2.23. The van der Waals surface area contributed by atoms with Gasteiger partial charge in [0.2, 0.25) is 11.8 Å². The lowest BCUT2D eigenvalue weighted by Gasteiger charge is -2.32. The van der Waals surface area contributed by atoms with E-state index < -0.39 is 0 Å². The second kappa shape index (κ2) is 8.74. The van der Waals surface area contributed by atoms with Crippen molar-refractivity contribution in [3.8, 4) is 11.3 Å². The number of fused-ring (bicyclic) bond motifs is 1. The molecule has 0 aliphatic carbocycles. The van der Waals surface area contributed by atoms with E-state index in [0.29, 0.717) is 18.9 Å². The number of aromatic amines is 1. The van der Waals surface area contributed by atoms with Crippen LogP contribution in [0.5, 0.6) is 0 Å². The quantitative estimate of drug-likeness (QED) is 0.625. The third kappa shape index (κ3) is 4.56. The molecule has 1 atom stereocenters. The molecule has 2 N–H and O–H groups in total. The highest BCUT2D eigenvalue weighted by Gasteiger charge is 2.28. The Balaban J connectivity index is 1.44. The van der Waals surface area contributed by atoms with Crippen molar-refractivity contribution in [1.82, 2.24) is 9.88 Å². The average Bonchev–Trinajstić information content (AvgIpc) is 3.18. The number of hydrogen-bond donors (Lipinski definition) is 2. The lowest BCUT2D eigenvalue weighted by molar-refractivity contribution is -0.135. The van der Waals surface area contributed by atoms with Crippen LogP contribution in [0, 0.1) is 11.8 Å². The maximum Gasteiger partial charge on any atom is 0.229 e. The zero-order valence-electron chi connectivity index (χ0n) is 17.7. The summed E-state index contributed by atoms with van der Waals surface area (Å²) in [6.45, 7) is 5.36. The topological polar surface area (TPSA) is 65.2 Å². The Morgan fingerprint density at radius 2 is 1.97 bits per heavy atom. The molecule has 1 aliphatic rings. The molecule has 0 bridgehead atoms. The van der Waals surface area contributed by atoms with E-state index in [-0.39, 0.29) is 17.7 Å². The van der Waals surface area contributed by atoms with Crippen molar-refractivity contribution in [3.63, 3.8) is 0 Å².